The van der Waals surface area contributed by atoms with Crippen LogP contribution in [0.15, 0.2) is 36.5 Å². The smallest absolute Gasteiger partial charge is 0.0823 e. The molecule has 4 heteroatoms. The quantitative estimate of drug-likeness (QED) is 0.719. The van der Waals surface area contributed by atoms with Gasteiger partial charge in [0.25, 0.3) is 0 Å². The van der Waals surface area contributed by atoms with Crippen LogP contribution in [0, 0.1) is 25.2 Å². The number of nitrogens with zero attached hydrogens (tertiary/aromatic N) is 4. The maximum absolute atomic E-state index is 9.59. The van der Waals surface area contributed by atoms with Crippen LogP contribution < -0.4 is 0 Å². The zero-order valence-electron chi connectivity index (χ0n) is 13.4. The number of pyridine rings is 1. The summed E-state index contributed by atoms with van der Waals surface area (Å²) in [5.74, 6) is 0. The zero-order valence-corrected chi connectivity index (χ0v) is 13.4. The summed E-state index contributed by atoms with van der Waals surface area (Å²) in [6, 6.07) is 12.9. The van der Waals surface area contributed by atoms with Crippen molar-refractivity contribution in [2.75, 3.05) is 0 Å². The first-order valence-electron chi connectivity index (χ1n) is 7.96. The Kier molecular flexibility index (Phi) is 2.99. The van der Waals surface area contributed by atoms with Crippen molar-refractivity contribution in [1.82, 2.24) is 14.8 Å². The third-order valence-corrected chi connectivity index (χ3v) is 4.86. The van der Waals surface area contributed by atoms with E-state index in [9.17, 15) is 5.26 Å². The zero-order chi connectivity index (χ0) is 16.0. The Labute approximate surface area is 135 Å². The van der Waals surface area contributed by atoms with Gasteiger partial charge in [-0.25, -0.2) is 4.68 Å². The minimum Gasteiger partial charge on any atom is -0.258 e. The lowest BCUT2D eigenvalue weighted by molar-refractivity contribution is 0.324. The molecule has 1 aliphatic carbocycles. The van der Waals surface area contributed by atoms with Crippen LogP contribution in [0.5, 0.6) is 0 Å². The third-order valence-electron chi connectivity index (χ3n) is 4.86. The highest BCUT2D eigenvalue weighted by atomic mass is 15.3. The molecule has 0 spiro atoms. The Morgan fingerprint density at radius 2 is 1.87 bits per heavy atom. The molecule has 0 atom stereocenters. The highest BCUT2D eigenvalue weighted by Crippen LogP contribution is 2.43. The fraction of sp³-hybridized carbons (Fsp3) is 0.316. The molecule has 1 fully saturated rings. The second-order valence-electron chi connectivity index (χ2n) is 6.49. The van der Waals surface area contributed by atoms with Gasteiger partial charge in [0.05, 0.1) is 28.9 Å². The molecular formula is C19H18N4. The summed E-state index contributed by atoms with van der Waals surface area (Å²) < 4.78 is 1.95. The van der Waals surface area contributed by atoms with Gasteiger partial charge in [0.1, 0.15) is 0 Å². The molecule has 4 rings (SSSR count). The van der Waals surface area contributed by atoms with Crippen molar-refractivity contribution in [3.05, 3.63) is 53.5 Å². The van der Waals surface area contributed by atoms with Gasteiger partial charge >= 0.3 is 0 Å². The van der Waals surface area contributed by atoms with Gasteiger partial charge in [-0.15, -0.1) is 0 Å². The highest BCUT2D eigenvalue weighted by Gasteiger charge is 2.39. The van der Waals surface area contributed by atoms with Crippen molar-refractivity contribution in [2.45, 2.75) is 38.5 Å². The second kappa shape index (κ2) is 4.92. The van der Waals surface area contributed by atoms with Crippen LogP contribution in [-0.4, -0.2) is 14.8 Å². The Bertz CT molecular complexity index is 921. The first kappa shape index (κ1) is 14.0. The van der Waals surface area contributed by atoms with Crippen molar-refractivity contribution in [1.29, 1.82) is 5.26 Å². The Morgan fingerprint density at radius 3 is 2.48 bits per heavy atom. The van der Waals surface area contributed by atoms with Gasteiger partial charge in [0, 0.05) is 16.8 Å². The molecule has 0 bridgehead atoms. The summed E-state index contributed by atoms with van der Waals surface area (Å²) in [5, 5.41) is 15.2. The van der Waals surface area contributed by atoms with Crippen molar-refractivity contribution >= 4 is 10.9 Å². The molecule has 1 aliphatic rings. The van der Waals surface area contributed by atoms with Gasteiger partial charge in [0.15, 0.2) is 0 Å². The summed E-state index contributed by atoms with van der Waals surface area (Å²) in [5.41, 5.74) is 4.84. The second-order valence-corrected chi connectivity index (χ2v) is 6.49. The summed E-state index contributed by atoms with van der Waals surface area (Å²) in [6.45, 7) is 3.99. The van der Waals surface area contributed by atoms with Crippen LogP contribution in [0.25, 0.3) is 16.6 Å². The molecule has 3 aromatic rings. The van der Waals surface area contributed by atoms with E-state index in [0.29, 0.717) is 0 Å². The predicted octanol–water partition coefficient (Wildman–Crippen LogP) is 3.98. The molecule has 2 aromatic heterocycles. The fourth-order valence-corrected chi connectivity index (χ4v) is 3.45. The normalized spacial score (nSPS) is 16.0. The lowest BCUT2D eigenvalue weighted by atomic mass is 9.65. The van der Waals surface area contributed by atoms with Crippen molar-refractivity contribution in [3.63, 3.8) is 0 Å². The number of aryl methyl sites for hydroxylation is 2. The van der Waals surface area contributed by atoms with E-state index in [4.69, 9.17) is 0 Å². The first-order chi connectivity index (χ1) is 11.1. The van der Waals surface area contributed by atoms with E-state index in [1.54, 1.807) is 0 Å². The van der Waals surface area contributed by atoms with Crippen molar-refractivity contribution in [2.24, 2.45) is 0 Å². The molecule has 114 valence electrons. The number of aromatic nitrogens is 3. The van der Waals surface area contributed by atoms with Gasteiger partial charge in [0.2, 0.25) is 0 Å². The van der Waals surface area contributed by atoms with Crippen molar-refractivity contribution in [3.8, 4) is 11.8 Å². The summed E-state index contributed by atoms with van der Waals surface area (Å²) in [4.78, 5) is 4.43. The molecule has 23 heavy (non-hydrogen) atoms. The maximum Gasteiger partial charge on any atom is 0.0823 e. The first-order valence-corrected chi connectivity index (χ1v) is 7.96. The summed E-state index contributed by atoms with van der Waals surface area (Å²) in [6.07, 6.45) is 4.92. The molecule has 0 aliphatic heterocycles. The van der Waals surface area contributed by atoms with Crippen LogP contribution in [0.2, 0.25) is 0 Å². The van der Waals surface area contributed by atoms with Crippen LogP contribution in [-0.2, 0) is 5.41 Å². The number of benzene rings is 1. The van der Waals surface area contributed by atoms with Gasteiger partial charge in [-0.2, -0.15) is 10.4 Å². The number of hydrogen-bond donors (Lipinski definition) is 0. The molecule has 1 aromatic carbocycles. The minimum absolute atomic E-state index is 0.298. The van der Waals surface area contributed by atoms with Crippen LogP contribution in [0.4, 0.5) is 0 Å². The average Bonchev–Trinajstić information content (AvgIpc) is 2.89. The SMILES string of the molecule is Cc1cc(-n2ncc3ccc(C4(C#N)CCC4)cc32)cc(C)n1. The molecule has 0 unspecified atom stereocenters. The fourth-order valence-electron chi connectivity index (χ4n) is 3.45. The van der Waals surface area contributed by atoms with Gasteiger partial charge in [-0.05, 0) is 56.9 Å². The van der Waals surface area contributed by atoms with Crippen LogP contribution in [0.3, 0.4) is 0 Å². The van der Waals surface area contributed by atoms with E-state index >= 15 is 0 Å². The average molecular weight is 302 g/mol. The van der Waals surface area contributed by atoms with Crippen molar-refractivity contribution < 1.29 is 0 Å². The van der Waals surface area contributed by atoms with E-state index in [1.807, 2.05) is 36.9 Å². The van der Waals surface area contributed by atoms with Gasteiger partial charge in [-0.1, -0.05) is 12.1 Å². The Balaban J connectivity index is 1.90. The Hall–Kier alpha value is -2.67. The summed E-state index contributed by atoms with van der Waals surface area (Å²) in [7, 11) is 0. The monoisotopic (exact) mass is 302 g/mol. The van der Waals surface area contributed by atoms with Gasteiger partial charge < -0.3 is 0 Å². The number of nitriles is 1. The molecule has 0 amide bonds. The third kappa shape index (κ3) is 2.12. The van der Waals surface area contributed by atoms with E-state index < -0.39 is 0 Å². The molecule has 4 nitrogen and oxygen atoms in total. The molecule has 0 radical (unpaired) electrons. The largest absolute Gasteiger partial charge is 0.258 e. The van der Waals surface area contributed by atoms with E-state index in [-0.39, 0.29) is 5.41 Å². The topological polar surface area (TPSA) is 54.5 Å². The van der Waals surface area contributed by atoms with Gasteiger partial charge in [-0.3, -0.25) is 4.98 Å². The molecular weight excluding hydrogens is 284 g/mol. The number of fused-ring (bicyclic) bond motifs is 1. The number of rotatable bonds is 2. The highest BCUT2D eigenvalue weighted by molar-refractivity contribution is 5.81. The standard InChI is InChI=1S/C19H18N4/c1-13-8-17(9-14(2)22-13)23-18-10-16(5-4-15(18)11-21-23)19(12-20)6-3-7-19/h4-5,8-11H,3,6-7H2,1-2H3. The van der Waals surface area contributed by atoms with E-state index in [2.05, 4.69) is 34.4 Å². The lowest BCUT2D eigenvalue weighted by Crippen LogP contribution is -2.32. The maximum atomic E-state index is 9.59. The molecule has 1 saturated carbocycles. The van der Waals surface area contributed by atoms with Crippen LogP contribution in [0.1, 0.15) is 36.2 Å². The van der Waals surface area contributed by atoms with E-state index in [1.165, 1.54) is 0 Å². The molecule has 2 heterocycles. The molecule has 0 N–H and O–H groups in total. The number of hydrogen-bond acceptors (Lipinski definition) is 3. The molecule has 0 saturated heterocycles. The predicted molar refractivity (Wildman–Crippen MR) is 89.5 cm³/mol. The Morgan fingerprint density at radius 1 is 1.13 bits per heavy atom. The van der Waals surface area contributed by atoms with Crippen LogP contribution >= 0.6 is 0 Å². The minimum atomic E-state index is -0.298. The lowest BCUT2D eigenvalue weighted by Gasteiger charge is -2.35. The van der Waals surface area contributed by atoms with E-state index in [0.717, 1.165) is 52.8 Å². The summed E-state index contributed by atoms with van der Waals surface area (Å²) >= 11 is 0.